The van der Waals surface area contributed by atoms with Crippen LogP contribution in [0.4, 0.5) is 5.69 Å². The molecular formula is C30H30N2O3. The molecule has 178 valence electrons. The topological polar surface area (TPSA) is 58.6 Å². The smallest absolute Gasteiger partial charge is 0.226 e. The Morgan fingerprint density at radius 1 is 1.03 bits per heavy atom. The van der Waals surface area contributed by atoms with Crippen molar-refractivity contribution in [1.29, 1.82) is 0 Å². The van der Waals surface area contributed by atoms with Gasteiger partial charge in [-0.25, -0.2) is 0 Å². The Kier molecular flexibility index (Phi) is 5.36. The van der Waals surface area contributed by atoms with Crippen LogP contribution in [-0.4, -0.2) is 35.8 Å². The Bertz CT molecular complexity index is 1330. The molecule has 1 N–H and O–H groups in total. The number of hydrogen-bond acceptors (Lipinski definition) is 4. The summed E-state index contributed by atoms with van der Waals surface area (Å²) in [5, 5.41) is 5.73. The van der Waals surface area contributed by atoms with Crippen LogP contribution in [0.15, 0.2) is 72.9 Å². The summed E-state index contributed by atoms with van der Waals surface area (Å²) in [5.74, 6) is 1.44. The predicted molar refractivity (Wildman–Crippen MR) is 138 cm³/mol. The molecule has 0 spiro atoms. The van der Waals surface area contributed by atoms with Gasteiger partial charge in [0.05, 0.1) is 5.69 Å². The maximum absolute atomic E-state index is 13.3. The van der Waals surface area contributed by atoms with Gasteiger partial charge in [0.15, 0.2) is 5.78 Å². The number of carbonyl (C=O) groups excluding carboxylic acids is 2. The average molecular weight is 467 g/mol. The van der Waals surface area contributed by atoms with E-state index in [9.17, 15) is 9.59 Å². The zero-order chi connectivity index (χ0) is 24.1. The monoisotopic (exact) mass is 466 g/mol. The van der Waals surface area contributed by atoms with Crippen LogP contribution in [0.25, 0.3) is 10.8 Å². The second-order valence-electron chi connectivity index (χ2n) is 10.1. The molecule has 1 saturated heterocycles. The Morgan fingerprint density at radius 2 is 1.80 bits per heavy atom. The number of ether oxygens (including phenoxy) is 1. The molecule has 3 aromatic rings. The first-order valence-electron chi connectivity index (χ1n) is 12.6. The van der Waals surface area contributed by atoms with E-state index in [1.54, 1.807) is 0 Å². The summed E-state index contributed by atoms with van der Waals surface area (Å²) in [7, 11) is 0. The molecule has 3 aliphatic rings. The maximum atomic E-state index is 13.3. The molecule has 1 aliphatic carbocycles. The van der Waals surface area contributed by atoms with Gasteiger partial charge in [0.1, 0.15) is 11.9 Å². The van der Waals surface area contributed by atoms with Gasteiger partial charge in [-0.15, -0.1) is 0 Å². The fourth-order valence-corrected chi connectivity index (χ4v) is 5.64. The summed E-state index contributed by atoms with van der Waals surface area (Å²) in [6.45, 7) is 7.22. The Morgan fingerprint density at radius 3 is 2.63 bits per heavy atom. The quantitative estimate of drug-likeness (QED) is 0.496. The summed E-state index contributed by atoms with van der Waals surface area (Å²) in [6, 6.07) is 20.4. The molecule has 0 radical (unpaired) electrons. The number of fused-ring (bicyclic) bond motifs is 2. The minimum atomic E-state index is -0.0995. The first-order chi connectivity index (χ1) is 17.0. The van der Waals surface area contributed by atoms with Crippen LogP contribution in [0.5, 0.6) is 5.75 Å². The van der Waals surface area contributed by atoms with Gasteiger partial charge in [-0.1, -0.05) is 49.0 Å². The summed E-state index contributed by atoms with van der Waals surface area (Å²) in [6.07, 6.45) is 2.24. The van der Waals surface area contributed by atoms with Crippen LogP contribution in [0, 0.1) is 11.8 Å². The van der Waals surface area contributed by atoms with Crippen molar-refractivity contribution in [2.24, 2.45) is 11.8 Å². The van der Waals surface area contributed by atoms with E-state index in [0.717, 1.165) is 23.6 Å². The molecule has 5 nitrogen and oxygen atoms in total. The number of benzene rings is 3. The highest BCUT2D eigenvalue weighted by Gasteiger charge is 2.47. The lowest BCUT2D eigenvalue weighted by Gasteiger charge is -2.32. The molecule has 3 aromatic carbocycles. The largest absolute Gasteiger partial charge is 0.482 e. The molecular weight excluding hydrogens is 436 g/mol. The van der Waals surface area contributed by atoms with Crippen LogP contribution < -0.4 is 10.1 Å². The van der Waals surface area contributed by atoms with E-state index in [4.69, 9.17) is 4.74 Å². The van der Waals surface area contributed by atoms with Crippen molar-refractivity contribution in [1.82, 2.24) is 4.90 Å². The number of anilines is 1. The van der Waals surface area contributed by atoms with E-state index in [-0.39, 0.29) is 29.6 Å². The highest BCUT2D eigenvalue weighted by atomic mass is 16.5. The van der Waals surface area contributed by atoms with E-state index in [0.29, 0.717) is 37.4 Å². The van der Waals surface area contributed by atoms with Crippen molar-refractivity contribution in [2.75, 3.05) is 18.4 Å². The number of amides is 1. The molecule has 2 aliphatic heterocycles. The SMILES string of the molecule is C=C1Nc2cc(C(=O)C3CCN(C(=O)[C@H]4C[C@H]4c4cccc5ccccc45)CC3)ccc2O[C@H]1C. The number of ketones is 1. The van der Waals surface area contributed by atoms with E-state index >= 15 is 0 Å². The maximum Gasteiger partial charge on any atom is 0.226 e. The van der Waals surface area contributed by atoms with Gasteiger partial charge in [-0.3, -0.25) is 9.59 Å². The molecule has 1 amide bonds. The van der Waals surface area contributed by atoms with E-state index < -0.39 is 0 Å². The highest BCUT2D eigenvalue weighted by Crippen LogP contribution is 2.50. The third-order valence-electron chi connectivity index (χ3n) is 7.86. The number of carbonyl (C=O) groups is 2. The lowest BCUT2D eigenvalue weighted by Crippen LogP contribution is -2.41. The fraction of sp³-hybridized carbons (Fsp3) is 0.333. The van der Waals surface area contributed by atoms with E-state index in [1.807, 2.05) is 30.0 Å². The number of nitrogens with one attached hydrogen (secondary N) is 1. The molecule has 0 unspecified atom stereocenters. The van der Waals surface area contributed by atoms with Gasteiger partial charge in [0.2, 0.25) is 5.91 Å². The first-order valence-corrected chi connectivity index (χ1v) is 12.6. The molecule has 35 heavy (non-hydrogen) atoms. The zero-order valence-corrected chi connectivity index (χ0v) is 20.0. The molecule has 2 fully saturated rings. The van der Waals surface area contributed by atoms with Crippen molar-refractivity contribution in [3.05, 3.63) is 84.1 Å². The van der Waals surface area contributed by atoms with Crippen molar-refractivity contribution in [3.8, 4) is 5.75 Å². The number of piperidine rings is 1. The average Bonchev–Trinajstić information content (AvgIpc) is 3.69. The number of likely N-dealkylation sites (tertiary alicyclic amines) is 1. The minimum Gasteiger partial charge on any atom is -0.482 e. The second kappa shape index (κ2) is 8.56. The standard InChI is InChI=1S/C30H30N2O3/c1-18-19(2)35-28-11-10-22(16-27(28)31-18)29(33)21-12-14-32(15-13-21)30(34)26-17-25(26)24-9-5-7-20-6-3-4-8-23(20)24/h3-11,16,19,21,25-26,31H,1,12-15,17H2,2H3/t19-,25-,26-/m0/s1. The van der Waals surface area contributed by atoms with Gasteiger partial charge in [-0.05, 0) is 66.6 Å². The summed E-state index contributed by atoms with van der Waals surface area (Å²) in [5.41, 5.74) is 3.55. The molecule has 1 saturated carbocycles. The number of Topliss-reactive ketones (excluding diaryl/α,β-unsaturated/α-hetero) is 1. The van der Waals surface area contributed by atoms with Crippen molar-refractivity contribution >= 4 is 28.2 Å². The highest BCUT2D eigenvalue weighted by molar-refractivity contribution is 5.99. The molecule has 5 heteroatoms. The minimum absolute atomic E-state index is 0.0585. The van der Waals surface area contributed by atoms with Crippen molar-refractivity contribution in [3.63, 3.8) is 0 Å². The van der Waals surface area contributed by atoms with Gasteiger partial charge >= 0.3 is 0 Å². The molecule has 0 bridgehead atoms. The second-order valence-corrected chi connectivity index (χ2v) is 10.1. The zero-order valence-electron chi connectivity index (χ0n) is 20.0. The van der Waals surface area contributed by atoms with Crippen molar-refractivity contribution < 1.29 is 14.3 Å². The van der Waals surface area contributed by atoms with Crippen LogP contribution in [0.2, 0.25) is 0 Å². The Balaban J connectivity index is 1.08. The number of rotatable bonds is 4. The summed E-state index contributed by atoms with van der Waals surface area (Å²) >= 11 is 0. The van der Waals surface area contributed by atoms with Crippen LogP contribution in [0.3, 0.4) is 0 Å². The normalized spacial score (nSPS) is 23.9. The molecule has 2 heterocycles. The summed E-state index contributed by atoms with van der Waals surface area (Å²) in [4.78, 5) is 28.5. The predicted octanol–water partition coefficient (Wildman–Crippen LogP) is 5.77. The molecule has 0 aromatic heterocycles. The van der Waals surface area contributed by atoms with Crippen LogP contribution in [-0.2, 0) is 4.79 Å². The third kappa shape index (κ3) is 3.99. The third-order valence-corrected chi connectivity index (χ3v) is 7.86. The Labute approximate surface area is 205 Å². The lowest BCUT2D eigenvalue weighted by atomic mass is 9.88. The number of hydrogen-bond donors (Lipinski definition) is 1. The lowest BCUT2D eigenvalue weighted by molar-refractivity contribution is -0.133. The van der Waals surface area contributed by atoms with Gasteiger partial charge in [0, 0.05) is 36.2 Å². The summed E-state index contributed by atoms with van der Waals surface area (Å²) < 4.78 is 5.84. The number of nitrogens with zero attached hydrogens (tertiary/aromatic N) is 1. The van der Waals surface area contributed by atoms with Gasteiger partial charge in [-0.2, -0.15) is 0 Å². The van der Waals surface area contributed by atoms with Crippen LogP contribution in [0.1, 0.15) is 48.0 Å². The van der Waals surface area contributed by atoms with Crippen molar-refractivity contribution in [2.45, 2.75) is 38.2 Å². The van der Waals surface area contributed by atoms with E-state index in [2.05, 4.69) is 54.4 Å². The van der Waals surface area contributed by atoms with Crippen LogP contribution >= 0.6 is 0 Å². The van der Waals surface area contributed by atoms with Gasteiger partial charge < -0.3 is 15.0 Å². The molecule has 3 atom stereocenters. The Hall–Kier alpha value is -3.60. The van der Waals surface area contributed by atoms with E-state index in [1.165, 1.54) is 16.3 Å². The fourth-order valence-electron chi connectivity index (χ4n) is 5.64. The van der Waals surface area contributed by atoms with Gasteiger partial charge in [0.25, 0.3) is 0 Å². The molecule has 6 rings (SSSR count). The first kappa shape index (κ1) is 21.9.